The van der Waals surface area contributed by atoms with Gasteiger partial charge in [0.05, 0.1) is 0 Å². The summed E-state index contributed by atoms with van der Waals surface area (Å²) < 4.78 is 2.97. The van der Waals surface area contributed by atoms with E-state index in [2.05, 4.69) is 13.0 Å². The molecule has 2 N–H and O–H groups in total. The van der Waals surface area contributed by atoms with Crippen molar-refractivity contribution >= 4 is 44.0 Å². The van der Waals surface area contributed by atoms with E-state index < -0.39 is 7.12 Å². The molecule has 2 rings (SSSR count). The third kappa shape index (κ3) is 1.86. The molecule has 0 aliphatic rings. The predicted octanol–water partition coefficient (Wildman–Crippen LogP) is 1.60. The van der Waals surface area contributed by atoms with Crippen molar-refractivity contribution in [2.75, 3.05) is 0 Å². The molecule has 14 heavy (non-hydrogen) atoms. The van der Waals surface area contributed by atoms with Gasteiger partial charge in [0.15, 0.2) is 0 Å². The highest BCUT2D eigenvalue weighted by atomic mass is 32.1. The molecule has 0 amide bonds. The van der Waals surface area contributed by atoms with Crippen LogP contribution in [0, 0.1) is 0 Å². The van der Waals surface area contributed by atoms with Gasteiger partial charge in [-0.2, -0.15) is 0 Å². The van der Waals surface area contributed by atoms with Crippen LogP contribution in [-0.4, -0.2) is 17.2 Å². The number of hydrogen-bond donors (Lipinski definition) is 2. The molecule has 0 aromatic carbocycles. The van der Waals surface area contributed by atoms with Gasteiger partial charge >= 0.3 is 7.12 Å². The number of hydrogen-bond acceptors (Lipinski definition) is 4. The minimum absolute atomic E-state index is 0.634. The number of thiophene rings is 2. The van der Waals surface area contributed by atoms with Crippen molar-refractivity contribution in [1.29, 1.82) is 0 Å². The highest BCUT2D eigenvalue weighted by molar-refractivity contribution is 7.33. The Balaban J connectivity index is 2.35. The summed E-state index contributed by atoms with van der Waals surface area (Å²) in [6.45, 7) is 2.16. The fourth-order valence-corrected chi connectivity index (χ4v) is 3.81. The Morgan fingerprint density at radius 2 is 1.93 bits per heavy atom. The summed E-state index contributed by atoms with van der Waals surface area (Å²) in [6.07, 6.45) is 2.27. The summed E-state index contributed by atoms with van der Waals surface area (Å²) in [5, 5.41) is 18.0. The zero-order chi connectivity index (χ0) is 10.1. The first-order chi connectivity index (χ1) is 6.70. The Labute approximate surface area is 91.0 Å². The van der Waals surface area contributed by atoms with E-state index in [-0.39, 0.29) is 0 Å². The molecular formula is C9H11BO2S2. The average Bonchev–Trinajstić information content (AvgIpc) is 2.61. The van der Waals surface area contributed by atoms with Crippen LogP contribution < -0.4 is 4.78 Å². The fraction of sp³-hybridized carbons (Fsp3) is 0.333. The van der Waals surface area contributed by atoms with Gasteiger partial charge < -0.3 is 10.0 Å². The number of fused-ring (bicyclic) bond motifs is 1. The second kappa shape index (κ2) is 4.02. The van der Waals surface area contributed by atoms with E-state index in [0.29, 0.717) is 4.78 Å². The first kappa shape index (κ1) is 10.2. The molecule has 2 nitrogen and oxygen atoms in total. The van der Waals surface area contributed by atoms with E-state index in [1.807, 2.05) is 6.07 Å². The minimum atomic E-state index is -1.32. The Bertz CT molecular complexity index is 401. The van der Waals surface area contributed by atoms with Crippen LogP contribution in [0.2, 0.25) is 0 Å². The highest BCUT2D eigenvalue weighted by Gasteiger charge is 2.15. The summed E-state index contributed by atoms with van der Waals surface area (Å²) in [5.74, 6) is 0. The van der Waals surface area contributed by atoms with Crippen molar-refractivity contribution < 1.29 is 10.0 Å². The largest absolute Gasteiger partial charge is 0.499 e. The molecule has 0 bridgehead atoms. The van der Waals surface area contributed by atoms with Gasteiger partial charge in [-0.1, -0.05) is 13.3 Å². The Kier molecular flexibility index (Phi) is 2.92. The maximum atomic E-state index is 8.99. The average molecular weight is 226 g/mol. The normalized spacial score (nSPS) is 11.1. The molecule has 0 spiro atoms. The van der Waals surface area contributed by atoms with Gasteiger partial charge in [0.2, 0.25) is 0 Å². The van der Waals surface area contributed by atoms with E-state index in [0.717, 1.165) is 12.8 Å². The van der Waals surface area contributed by atoms with Gasteiger partial charge in [-0.15, -0.1) is 22.7 Å². The molecule has 0 saturated carbocycles. The quantitative estimate of drug-likeness (QED) is 0.780. The van der Waals surface area contributed by atoms with Crippen molar-refractivity contribution in [1.82, 2.24) is 0 Å². The zero-order valence-corrected chi connectivity index (χ0v) is 9.49. The van der Waals surface area contributed by atoms with E-state index >= 15 is 0 Å². The smallest absolute Gasteiger partial charge is 0.423 e. The predicted molar refractivity (Wildman–Crippen MR) is 63.5 cm³/mol. The monoisotopic (exact) mass is 226 g/mol. The maximum Gasteiger partial charge on any atom is 0.499 e. The highest BCUT2D eigenvalue weighted by Crippen LogP contribution is 2.29. The third-order valence-corrected chi connectivity index (χ3v) is 4.42. The standard InChI is InChI=1S/C9H11BO2S2/c1-2-3-6-4-7-8(13-6)5-9(14-7)10(11)12/h4-5,11-12H,2-3H2,1H3. The Hall–Kier alpha value is -0.355. The van der Waals surface area contributed by atoms with Crippen LogP contribution in [0.5, 0.6) is 0 Å². The number of rotatable bonds is 3. The maximum absolute atomic E-state index is 8.99. The lowest BCUT2D eigenvalue weighted by atomic mass is 9.90. The third-order valence-electron chi connectivity index (χ3n) is 2.03. The first-order valence-electron chi connectivity index (χ1n) is 4.59. The van der Waals surface area contributed by atoms with Crippen molar-refractivity contribution in [3.05, 3.63) is 17.0 Å². The molecule has 0 aliphatic heterocycles. The van der Waals surface area contributed by atoms with Crippen molar-refractivity contribution in [2.45, 2.75) is 19.8 Å². The SMILES string of the molecule is CCCc1cc2sc(B(O)O)cc2s1. The van der Waals surface area contributed by atoms with Crippen molar-refractivity contribution in [3.63, 3.8) is 0 Å². The first-order valence-corrected chi connectivity index (χ1v) is 6.22. The molecule has 5 heteroatoms. The molecule has 2 aromatic rings. The topological polar surface area (TPSA) is 40.5 Å². The number of aryl methyl sites for hydroxylation is 1. The molecule has 0 radical (unpaired) electrons. The van der Waals surface area contributed by atoms with Crippen LogP contribution in [0.4, 0.5) is 0 Å². The van der Waals surface area contributed by atoms with Crippen LogP contribution in [0.15, 0.2) is 12.1 Å². The molecular weight excluding hydrogens is 215 g/mol. The van der Waals surface area contributed by atoms with Crippen molar-refractivity contribution in [3.8, 4) is 0 Å². The lowest BCUT2D eigenvalue weighted by molar-refractivity contribution is 0.427. The molecule has 0 fully saturated rings. The van der Waals surface area contributed by atoms with Gasteiger partial charge in [-0.3, -0.25) is 0 Å². The summed E-state index contributed by atoms with van der Waals surface area (Å²) in [6, 6.07) is 4.02. The van der Waals surface area contributed by atoms with Crippen LogP contribution in [0.25, 0.3) is 9.40 Å². The molecule has 2 aromatic heterocycles. The van der Waals surface area contributed by atoms with Crippen LogP contribution in [0.3, 0.4) is 0 Å². The fourth-order valence-electron chi connectivity index (χ4n) is 1.40. The molecule has 0 atom stereocenters. The van der Waals surface area contributed by atoms with E-state index in [9.17, 15) is 0 Å². The lowest BCUT2D eigenvalue weighted by Crippen LogP contribution is -2.26. The van der Waals surface area contributed by atoms with Gasteiger partial charge in [0, 0.05) is 19.1 Å². The van der Waals surface area contributed by atoms with Crippen molar-refractivity contribution in [2.24, 2.45) is 0 Å². The molecule has 0 aliphatic carbocycles. The van der Waals surface area contributed by atoms with Gasteiger partial charge in [-0.25, -0.2) is 0 Å². The molecule has 0 unspecified atom stereocenters. The molecule has 74 valence electrons. The van der Waals surface area contributed by atoms with E-state index in [1.165, 1.54) is 25.6 Å². The summed E-state index contributed by atoms with van der Waals surface area (Å²) >= 11 is 3.21. The second-order valence-corrected chi connectivity index (χ2v) is 5.50. The summed E-state index contributed by atoms with van der Waals surface area (Å²) in [7, 11) is -1.32. The lowest BCUT2D eigenvalue weighted by Gasteiger charge is -1.90. The zero-order valence-electron chi connectivity index (χ0n) is 7.86. The summed E-state index contributed by atoms with van der Waals surface area (Å²) in [5.41, 5.74) is 0. The van der Waals surface area contributed by atoms with Gasteiger partial charge in [0.1, 0.15) is 0 Å². The Morgan fingerprint density at radius 3 is 2.50 bits per heavy atom. The van der Waals surface area contributed by atoms with E-state index in [1.54, 1.807) is 11.3 Å². The minimum Gasteiger partial charge on any atom is -0.423 e. The molecule has 0 saturated heterocycles. The van der Waals surface area contributed by atoms with E-state index in [4.69, 9.17) is 10.0 Å². The molecule has 2 heterocycles. The Morgan fingerprint density at radius 1 is 1.21 bits per heavy atom. The van der Waals surface area contributed by atoms with Crippen LogP contribution >= 0.6 is 22.7 Å². The second-order valence-electron chi connectivity index (χ2n) is 3.21. The van der Waals surface area contributed by atoms with Crippen LogP contribution in [-0.2, 0) is 6.42 Å². The van der Waals surface area contributed by atoms with Gasteiger partial charge in [-0.05, 0) is 18.6 Å². The summed E-state index contributed by atoms with van der Waals surface area (Å²) in [4.78, 5) is 1.38. The van der Waals surface area contributed by atoms with Gasteiger partial charge in [0.25, 0.3) is 0 Å². The van der Waals surface area contributed by atoms with Crippen LogP contribution in [0.1, 0.15) is 18.2 Å².